The molecule has 1 heterocycles. The van der Waals surface area contributed by atoms with Gasteiger partial charge < -0.3 is 11.1 Å². The van der Waals surface area contributed by atoms with Crippen molar-refractivity contribution >= 4 is 11.6 Å². The van der Waals surface area contributed by atoms with Gasteiger partial charge in [0.05, 0.1) is 0 Å². The molecule has 13 heavy (non-hydrogen) atoms. The Labute approximate surface area is 77.6 Å². The van der Waals surface area contributed by atoms with E-state index in [1.165, 1.54) is 12.8 Å². The van der Waals surface area contributed by atoms with Gasteiger partial charge in [-0.1, -0.05) is 0 Å². The molecule has 0 spiro atoms. The summed E-state index contributed by atoms with van der Waals surface area (Å²) in [6.45, 7) is 1.93. The minimum Gasteiger partial charge on any atom is -0.383 e. The molecule has 0 aromatic carbocycles. The van der Waals surface area contributed by atoms with Gasteiger partial charge in [0.2, 0.25) is 0 Å². The monoisotopic (exact) mass is 178 g/mol. The summed E-state index contributed by atoms with van der Waals surface area (Å²) in [7, 11) is 1.85. The summed E-state index contributed by atoms with van der Waals surface area (Å²) in [5.41, 5.74) is 6.71. The van der Waals surface area contributed by atoms with Crippen LogP contribution in [0.2, 0.25) is 0 Å². The summed E-state index contributed by atoms with van der Waals surface area (Å²) in [5.74, 6) is 2.90. The minimum atomic E-state index is 0.551. The molecule has 1 aromatic heterocycles. The van der Waals surface area contributed by atoms with Gasteiger partial charge in [-0.05, 0) is 19.8 Å². The van der Waals surface area contributed by atoms with Crippen molar-refractivity contribution in [3.05, 3.63) is 11.4 Å². The molecule has 0 atom stereocenters. The smallest absolute Gasteiger partial charge is 0.136 e. The van der Waals surface area contributed by atoms with Crippen LogP contribution in [-0.4, -0.2) is 17.0 Å². The van der Waals surface area contributed by atoms with Gasteiger partial charge in [-0.25, -0.2) is 9.97 Å². The van der Waals surface area contributed by atoms with Crippen LogP contribution < -0.4 is 11.1 Å². The fourth-order valence-electron chi connectivity index (χ4n) is 1.32. The number of hydrogen-bond acceptors (Lipinski definition) is 4. The van der Waals surface area contributed by atoms with Crippen LogP contribution in [0.15, 0.2) is 0 Å². The van der Waals surface area contributed by atoms with E-state index < -0.39 is 0 Å². The van der Waals surface area contributed by atoms with Crippen molar-refractivity contribution in [3.63, 3.8) is 0 Å². The predicted molar refractivity (Wildman–Crippen MR) is 52.7 cm³/mol. The van der Waals surface area contributed by atoms with Gasteiger partial charge in [-0.2, -0.15) is 0 Å². The largest absolute Gasteiger partial charge is 0.383 e. The van der Waals surface area contributed by atoms with E-state index in [0.29, 0.717) is 11.7 Å². The fraction of sp³-hybridized carbons (Fsp3) is 0.556. The van der Waals surface area contributed by atoms with E-state index in [4.69, 9.17) is 5.73 Å². The van der Waals surface area contributed by atoms with Crippen molar-refractivity contribution in [1.29, 1.82) is 0 Å². The highest BCUT2D eigenvalue weighted by atomic mass is 15.0. The predicted octanol–water partition coefficient (Wildman–Crippen LogP) is 1.29. The first-order valence-electron chi connectivity index (χ1n) is 4.54. The van der Waals surface area contributed by atoms with Crippen molar-refractivity contribution < 1.29 is 0 Å². The maximum atomic E-state index is 5.77. The SMILES string of the molecule is CNc1nc(C2CC2)nc(N)c1C. The molecule has 0 radical (unpaired) electrons. The van der Waals surface area contributed by atoms with E-state index in [9.17, 15) is 0 Å². The average Bonchev–Trinajstić information content (AvgIpc) is 2.92. The van der Waals surface area contributed by atoms with Crippen LogP contribution in [0.1, 0.15) is 30.1 Å². The minimum absolute atomic E-state index is 0.551. The van der Waals surface area contributed by atoms with Gasteiger partial charge in [0.1, 0.15) is 17.5 Å². The number of nitrogen functional groups attached to an aromatic ring is 1. The van der Waals surface area contributed by atoms with Gasteiger partial charge in [0.25, 0.3) is 0 Å². The molecule has 2 rings (SSSR count). The van der Waals surface area contributed by atoms with Crippen LogP contribution in [-0.2, 0) is 0 Å². The summed E-state index contributed by atoms with van der Waals surface area (Å²) < 4.78 is 0. The molecule has 0 bridgehead atoms. The zero-order valence-electron chi connectivity index (χ0n) is 7.96. The van der Waals surface area contributed by atoms with E-state index in [1.807, 2.05) is 14.0 Å². The first-order valence-corrected chi connectivity index (χ1v) is 4.54. The molecule has 1 aromatic rings. The Kier molecular flexibility index (Phi) is 1.83. The molecular weight excluding hydrogens is 164 g/mol. The Morgan fingerprint density at radius 2 is 2.08 bits per heavy atom. The van der Waals surface area contributed by atoms with E-state index in [2.05, 4.69) is 15.3 Å². The lowest BCUT2D eigenvalue weighted by Crippen LogP contribution is -2.06. The van der Waals surface area contributed by atoms with Crippen LogP contribution in [0.5, 0.6) is 0 Å². The molecule has 1 fully saturated rings. The summed E-state index contributed by atoms with van der Waals surface area (Å²) in [5, 5.41) is 3.03. The van der Waals surface area contributed by atoms with Gasteiger partial charge >= 0.3 is 0 Å². The van der Waals surface area contributed by atoms with Crippen molar-refractivity contribution in [2.24, 2.45) is 0 Å². The third-order valence-corrected chi connectivity index (χ3v) is 2.38. The lowest BCUT2D eigenvalue weighted by molar-refractivity contribution is 0.926. The molecule has 1 aliphatic carbocycles. The van der Waals surface area contributed by atoms with Gasteiger partial charge in [0.15, 0.2) is 0 Å². The number of nitrogens with one attached hydrogen (secondary N) is 1. The average molecular weight is 178 g/mol. The summed E-state index contributed by atoms with van der Waals surface area (Å²) in [6.07, 6.45) is 2.40. The Morgan fingerprint density at radius 1 is 1.38 bits per heavy atom. The molecule has 4 heteroatoms. The number of nitrogens with two attached hydrogens (primary N) is 1. The third kappa shape index (κ3) is 1.43. The summed E-state index contributed by atoms with van der Waals surface area (Å²) >= 11 is 0. The number of nitrogens with zero attached hydrogens (tertiary/aromatic N) is 2. The molecule has 0 amide bonds. The van der Waals surface area contributed by atoms with E-state index in [1.54, 1.807) is 0 Å². The molecule has 70 valence electrons. The highest BCUT2D eigenvalue weighted by molar-refractivity contribution is 5.54. The third-order valence-electron chi connectivity index (χ3n) is 2.38. The summed E-state index contributed by atoms with van der Waals surface area (Å²) in [4.78, 5) is 8.68. The topological polar surface area (TPSA) is 63.8 Å². The van der Waals surface area contributed by atoms with Crippen molar-refractivity contribution in [2.45, 2.75) is 25.7 Å². The van der Waals surface area contributed by atoms with Crippen LogP contribution in [0.4, 0.5) is 11.6 Å². The number of rotatable bonds is 2. The zero-order valence-corrected chi connectivity index (χ0v) is 7.96. The maximum absolute atomic E-state index is 5.77. The molecular formula is C9H14N4. The van der Waals surface area contributed by atoms with Gasteiger partial charge in [-0.15, -0.1) is 0 Å². The highest BCUT2D eigenvalue weighted by Crippen LogP contribution is 2.39. The Hall–Kier alpha value is -1.32. The fourth-order valence-corrected chi connectivity index (χ4v) is 1.32. The highest BCUT2D eigenvalue weighted by Gasteiger charge is 2.27. The molecule has 1 aliphatic rings. The van der Waals surface area contributed by atoms with Crippen LogP contribution >= 0.6 is 0 Å². The first kappa shape index (κ1) is 8.29. The van der Waals surface area contributed by atoms with Crippen molar-refractivity contribution in [1.82, 2.24) is 9.97 Å². The Morgan fingerprint density at radius 3 is 2.62 bits per heavy atom. The number of anilines is 2. The lowest BCUT2D eigenvalue weighted by atomic mass is 10.3. The maximum Gasteiger partial charge on any atom is 0.136 e. The van der Waals surface area contributed by atoms with Gasteiger partial charge in [-0.3, -0.25) is 0 Å². The second-order valence-electron chi connectivity index (χ2n) is 3.46. The van der Waals surface area contributed by atoms with Crippen LogP contribution in [0, 0.1) is 6.92 Å². The quantitative estimate of drug-likeness (QED) is 0.716. The second-order valence-corrected chi connectivity index (χ2v) is 3.46. The molecule has 3 N–H and O–H groups in total. The second kappa shape index (κ2) is 2.87. The van der Waals surface area contributed by atoms with E-state index >= 15 is 0 Å². The van der Waals surface area contributed by atoms with Gasteiger partial charge in [0, 0.05) is 18.5 Å². The molecule has 0 aliphatic heterocycles. The molecule has 4 nitrogen and oxygen atoms in total. The van der Waals surface area contributed by atoms with E-state index in [0.717, 1.165) is 17.2 Å². The molecule has 0 unspecified atom stereocenters. The van der Waals surface area contributed by atoms with Crippen molar-refractivity contribution in [3.8, 4) is 0 Å². The zero-order chi connectivity index (χ0) is 9.42. The van der Waals surface area contributed by atoms with Crippen LogP contribution in [0.3, 0.4) is 0 Å². The Balaban J connectivity index is 2.43. The number of aromatic nitrogens is 2. The molecule has 1 saturated carbocycles. The normalized spacial score (nSPS) is 15.8. The van der Waals surface area contributed by atoms with E-state index in [-0.39, 0.29) is 0 Å². The number of hydrogen-bond donors (Lipinski definition) is 2. The Bertz CT molecular complexity index is 331. The summed E-state index contributed by atoms with van der Waals surface area (Å²) in [6, 6.07) is 0. The first-order chi connectivity index (χ1) is 6.22. The van der Waals surface area contributed by atoms with Crippen LogP contribution in [0.25, 0.3) is 0 Å². The van der Waals surface area contributed by atoms with Crippen molar-refractivity contribution in [2.75, 3.05) is 18.1 Å². The lowest BCUT2D eigenvalue weighted by Gasteiger charge is -2.08. The standard InChI is InChI=1S/C9H14N4/c1-5-7(10)12-9(6-3-4-6)13-8(5)11-2/h6H,3-4H2,1-2H3,(H3,10,11,12,13). The molecule has 0 saturated heterocycles.